The normalized spacial score (nSPS) is 12.4. The Morgan fingerprint density at radius 2 is 1.19 bits per heavy atom. The minimum absolute atomic E-state index is 0.524. The summed E-state index contributed by atoms with van der Waals surface area (Å²) in [7, 11) is 1.81. The highest BCUT2D eigenvalue weighted by molar-refractivity contribution is 7.26. The maximum absolute atomic E-state index is 5.20. The van der Waals surface area contributed by atoms with Gasteiger partial charge in [-0.25, -0.2) is 9.97 Å². The summed E-state index contributed by atoms with van der Waals surface area (Å²) in [5.41, 5.74) is 23.0. The number of amidine groups is 1. The number of allylic oxidation sites excluding steroid dienone is 5. The number of nitrogens with zero attached hydrogens (tertiary/aromatic N) is 8. The summed E-state index contributed by atoms with van der Waals surface area (Å²) in [4.78, 5) is 20.7. The lowest BCUT2D eigenvalue weighted by molar-refractivity contribution is 0.917. The molecule has 7 heterocycles. The van der Waals surface area contributed by atoms with E-state index < -0.39 is 0 Å². The molecule has 10 aromatic carbocycles. The zero-order valence-corrected chi connectivity index (χ0v) is 57.7. The number of benzene rings is 10. The van der Waals surface area contributed by atoms with Gasteiger partial charge >= 0.3 is 0 Å². The van der Waals surface area contributed by atoms with E-state index in [0.717, 1.165) is 106 Å². The van der Waals surface area contributed by atoms with Gasteiger partial charge in [0.1, 0.15) is 12.2 Å². The summed E-state index contributed by atoms with van der Waals surface area (Å²) in [5.74, 6) is 1.83. The Balaban J connectivity index is 0.687. The average Bonchev–Trinajstić information content (AvgIpc) is 1.58. The molecule has 1 N–H and O–H groups in total. The number of fused-ring (bicyclic) bond motifs is 12. The van der Waals surface area contributed by atoms with Crippen LogP contribution in [-0.4, -0.2) is 46.1 Å². The van der Waals surface area contributed by atoms with Crippen LogP contribution in [0.4, 0.5) is 0 Å². The Labute approximate surface area is 586 Å². The minimum Gasteiger partial charge on any atom is -0.340 e. The van der Waals surface area contributed by atoms with Crippen LogP contribution < -0.4 is 5.32 Å². The Hall–Kier alpha value is -12.3. The number of para-hydroxylation sites is 3. The number of hydrogen-bond acceptors (Lipinski definition) is 6. The summed E-state index contributed by atoms with van der Waals surface area (Å²) in [5, 5.41) is 14.2. The summed E-state index contributed by atoms with van der Waals surface area (Å²) in [6.45, 7) is 30.7. The van der Waals surface area contributed by atoms with Gasteiger partial charge < -0.3 is 19.0 Å². The third-order valence-electron chi connectivity index (χ3n) is 20.0. The van der Waals surface area contributed by atoms with Gasteiger partial charge in [-0.15, -0.1) is 22.7 Å². The second-order valence-electron chi connectivity index (χ2n) is 25.4. The lowest BCUT2D eigenvalue weighted by Gasteiger charge is -2.15. The quantitative estimate of drug-likeness (QED) is 0.0630. The molecule has 0 aliphatic rings. The molecule has 480 valence electrons. The molecule has 11 heteroatoms. The fourth-order valence-corrected chi connectivity index (χ4v) is 17.7. The smallest absolute Gasteiger partial charge is 0.238 e. The van der Waals surface area contributed by atoms with Crippen molar-refractivity contribution in [3.63, 3.8) is 0 Å². The van der Waals surface area contributed by atoms with Crippen LogP contribution in [0, 0.1) is 27.7 Å². The molecule has 0 aliphatic heterocycles. The summed E-state index contributed by atoms with van der Waals surface area (Å²) in [6, 6.07) is 76.5. The molecule has 0 atom stereocenters. The summed E-state index contributed by atoms with van der Waals surface area (Å²) in [6.07, 6.45) is 11.5. The summed E-state index contributed by atoms with van der Waals surface area (Å²) >= 11 is 3.58. The van der Waals surface area contributed by atoms with E-state index in [1.165, 1.54) is 79.2 Å². The SMILES string of the molecule is C=CC=C(c1cccc(-c2ncnc(-n3c(C=C)c(C)c4cc(-n5c(C)c(C)c6ccccc65)ccc43)n2)c1)c1sc2cc(-c3cccc4c3c3ccccc3n4-c3ccc4c(c3)c3ccccc3n4/C(C=C)=C/C(=C)C(=C)NC(=NC)c3cccc4c3sc3ccccc34)ccc2c1C. The van der Waals surface area contributed by atoms with E-state index in [-0.39, 0.29) is 0 Å². The van der Waals surface area contributed by atoms with Crippen LogP contribution >= 0.6 is 22.7 Å². The Bertz CT molecular complexity index is 6490. The predicted octanol–water partition coefficient (Wildman–Crippen LogP) is 23.1. The lowest BCUT2D eigenvalue weighted by atomic mass is 9.96. The van der Waals surface area contributed by atoms with E-state index in [1.807, 2.05) is 25.3 Å². The number of hydrogen-bond donors (Lipinski definition) is 1. The van der Waals surface area contributed by atoms with Gasteiger partial charge in [0.25, 0.3) is 0 Å². The molecule has 0 saturated heterocycles. The molecule has 9 nitrogen and oxygen atoms in total. The van der Waals surface area contributed by atoms with Gasteiger partial charge in [0.05, 0.1) is 38.8 Å². The second kappa shape index (κ2) is 24.4. The van der Waals surface area contributed by atoms with E-state index in [0.29, 0.717) is 23.0 Å². The second-order valence-corrected chi connectivity index (χ2v) is 27.6. The van der Waals surface area contributed by atoms with Gasteiger partial charge in [0.2, 0.25) is 5.95 Å². The average molecular weight is 1330 g/mol. The van der Waals surface area contributed by atoms with Gasteiger partial charge in [-0.2, -0.15) is 4.98 Å². The van der Waals surface area contributed by atoms with Gasteiger partial charge in [-0.05, 0) is 181 Å². The highest BCUT2D eigenvalue weighted by Gasteiger charge is 2.24. The van der Waals surface area contributed by atoms with Crippen molar-refractivity contribution in [3.05, 3.63) is 331 Å². The molecule has 7 aromatic heterocycles. The molecule has 0 bridgehead atoms. The first-order valence-corrected chi connectivity index (χ1v) is 35.0. The minimum atomic E-state index is 0.524. The summed E-state index contributed by atoms with van der Waals surface area (Å²) < 4.78 is 12.8. The maximum atomic E-state index is 5.20. The van der Waals surface area contributed by atoms with Crippen molar-refractivity contribution >= 4 is 142 Å². The van der Waals surface area contributed by atoms with Crippen LogP contribution in [0.5, 0.6) is 0 Å². The lowest BCUT2D eigenvalue weighted by Crippen LogP contribution is -2.24. The van der Waals surface area contributed by atoms with Crippen LogP contribution in [0.1, 0.15) is 44.1 Å². The predicted molar refractivity (Wildman–Crippen MR) is 428 cm³/mol. The monoisotopic (exact) mass is 1330 g/mol. The highest BCUT2D eigenvalue weighted by Crippen LogP contribution is 2.45. The van der Waals surface area contributed by atoms with Gasteiger partial charge in [-0.3, -0.25) is 9.56 Å². The topological polar surface area (TPSA) is 82.8 Å². The van der Waals surface area contributed by atoms with Crippen molar-refractivity contribution in [1.82, 2.24) is 38.5 Å². The van der Waals surface area contributed by atoms with Crippen molar-refractivity contribution in [2.45, 2.75) is 27.7 Å². The van der Waals surface area contributed by atoms with E-state index in [4.69, 9.17) is 19.9 Å². The molecular weight excluding hydrogens is 1260 g/mol. The van der Waals surface area contributed by atoms with Crippen molar-refractivity contribution < 1.29 is 0 Å². The van der Waals surface area contributed by atoms with Crippen LogP contribution in [0.25, 0.3) is 153 Å². The van der Waals surface area contributed by atoms with E-state index >= 15 is 0 Å². The number of thiophene rings is 2. The van der Waals surface area contributed by atoms with E-state index in [1.54, 1.807) is 29.0 Å². The molecule has 0 amide bonds. The van der Waals surface area contributed by atoms with Crippen molar-refractivity contribution in [3.8, 4) is 39.8 Å². The third-order valence-corrected chi connectivity index (χ3v) is 22.5. The Kier molecular flexibility index (Phi) is 14.9. The van der Waals surface area contributed by atoms with Crippen molar-refractivity contribution in [1.29, 1.82) is 0 Å². The maximum Gasteiger partial charge on any atom is 0.238 e. The molecule has 0 fully saturated rings. The van der Waals surface area contributed by atoms with Crippen molar-refractivity contribution in [2.24, 2.45) is 4.99 Å². The fraction of sp³-hybridized carbons (Fsp3) is 0.0562. The number of aliphatic imine (C=N–C) groups is 1. The molecule has 0 radical (unpaired) electrons. The molecule has 17 rings (SSSR count). The molecular formula is C89H67N9S2. The third kappa shape index (κ3) is 9.71. The standard InChI is InChI=1S/C89H67N9S2/c1-11-25-67(58-26-22-27-60(47-58)87-91-51-92-89(94-87)98-75(13-3)54(6)73-49-62(41-44-79(73)98)95-57(9)53(5)64-28-14-18-35-76(64)95)85-55(7)65-43-40-59(48-83(65)100-85)66-32-24-38-81-84(66)71-31-16-20-37-78(71)97(81)63-42-45-80-74(50-63)68-29-15-19-36-77(68)96(80)61(12-2)46-52(4)56(8)93-88(90-10)72-34-23-33-70-69-30-17-21-39-82(69)99-86(70)72/h11-51H,1-4,8H2,5-7,9-10H3,(H,90,93)/b61-46+,67-25?. The van der Waals surface area contributed by atoms with Gasteiger partial charge in [0.15, 0.2) is 5.82 Å². The Morgan fingerprint density at radius 3 is 1.98 bits per heavy atom. The van der Waals surface area contributed by atoms with Crippen LogP contribution in [-0.2, 0) is 0 Å². The zero-order chi connectivity index (χ0) is 68.2. The number of aryl methyl sites for hydroxylation is 3. The van der Waals surface area contributed by atoms with E-state index in [2.05, 4.69) is 309 Å². The fourth-order valence-electron chi connectivity index (χ4n) is 15.1. The largest absolute Gasteiger partial charge is 0.340 e. The van der Waals surface area contributed by atoms with Crippen molar-refractivity contribution in [2.75, 3.05) is 7.05 Å². The molecule has 0 aliphatic carbocycles. The number of aromatic nitrogens is 7. The molecule has 0 unspecified atom stereocenters. The molecule has 0 spiro atoms. The Morgan fingerprint density at radius 1 is 0.520 bits per heavy atom. The van der Waals surface area contributed by atoms with Gasteiger partial charge in [0, 0.05) is 109 Å². The first kappa shape index (κ1) is 61.3. The zero-order valence-electron chi connectivity index (χ0n) is 56.1. The molecule has 0 saturated carbocycles. The first-order valence-electron chi connectivity index (χ1n) is 33.4. The van der Waals surface area contributed by atoms with E-state index in [9.17, 15) is 0 Å². The first-order chi connectivity index (χ1) is 48.9. The van der Waals surface area contributed by atoms with Crippen LogP contribution in [0.15, 0.2) is 292 Å². The van der Waals surface area contributed by atoms with Gasteiger partial charge in [-0.1, -0.05) is 172 Å². The number of nitrogens with one attached hydrogen (secondary N) is 1. The highest BCUT2D eigenvalue weighted by atomic mass is 32.1. The molecule has 17 aromatic rings. The number of rotatable bonds is 15. The van der Waals surface area contributed by atoms with Crippen LogP contribution in [0.3, 0.4) is 0 Å². The van der Waals surface area contributed by atoms with Crippen LogP contribution in [0.2, 0.25) is 0 Å². The molecule has 100 heavy (non-hydrogen) atoms.